The van der Waals surface area contributed by atoms with Crippen molar-refractivity contribution in [1.82, 2.24) is 9.62 Å². The second kappa shape index (κ2) is 6.47. The van der Waals surface area contributed by atoms with Gasteiger partial charge in [0.1, 0.15) is 0 Å². The summed E-state index contributed by atoms with van der Waals surface area (Å²) in [5, 5.41) is 4.97. The third-order valence-corrected chi connectivity index (χ3v) is 5.36. The molecule has 4 nitrogen and oxygen atoms in total. The van der Waals surface area contributed by atoms with Gasteiger partial charge in [-0.3, -0.25) is 0 Å². The van der Waals surface area contributed by atoms with E-state index in [1.807, 2.05) is 19.2 Å². The topological polar surface area (TPSA) is 49.4 Å². The standard InChI is InChI=1S/C12H20N2O2S2/c1-5-13-8-11-12(6-7-17-11)18(15,16)14(4)9-10(2)3/h6-7,13H,2,5,8-9H2,1,3-4H3. The summed E-state index contributed by atoms with van der Waals surface area (Å²) < 4.78 is 26.1. The van der Waals surface area contributed by atoms with Crippen LogP contribution in [0.15, 0.2) is 28.5 Å². The molecule has 0 amide bonds. The van der Waals surface area contributed by atoms with Gasteiger partial charge >= 0.3 is 0 Å². The first-order valence-electron chi connectivity index (χ1n) is 5.77. The quantitative estimate of drug-likeness (QED) is 0.781. The first-order chi connectivity index (χ1) is 8.39. The Labute approximate surface area is 113 Å². The fourth-order valence-corrected chi connectivity index (χ4v) is 4.17. The van der Waals surface area contributed by atoms with Gasteiger partial charge in [0.05, 0.1) is 4.90 Å². The molecule has 0 aliphatic rings. The second-order valence-corrected chi connectivity index (χ2v) is 7.22. The Balaban J connectivity index is 2.97. The maximum Gasteiger partial charge on any atom is 0.244 e. The van der Waals surface area contributed by atoms with Crippen LogP contribution in [0.2, 0.25) is 0 Å². The lowest BCUT2D eigenvalue weighted by Gasteiger charge is -2.17. The maximum atomic E-state index is 12.4. The van der Waals surface area contributed by atoms with Crippen LogP contribution in [0.25, 0.3) is 0 Å². The third-order valence-electron chi connectivity index (χ3n) is 2.42. The highest BCUT2D eigenvalue weighted by atomic mass is 32.2. The van der Waals surface area contributed by atoms with Crippen molar-refractivity contribution in [2.75, 3.05) is 20.1 Å². The molecule has 1 aromatic rings. The van der Waals surface area contributed by atoms with Crippen LogP contribution >= 0.6 is 11.3 Å². The monoisotopic (exact) mass is 288 g/mol. The molecular weight excluding hydrogens is 268 g/mol. The predicted molar refractivity (Wildman–Crippen MR) is 76.3 cm³/mol. The van der Waals surface area contributed by atoms with E-state index in [4.69, 9.17) is 0 Å². The molecular formula is C12H20N2O2S2. The van der Waals surface area contributed by atoms with Crippen molar-refractivity contribution >= 4 is 21.4 Å². The molecule has 1 N–H and O–H groups in total. The molecule has 0 atom stereocenters. The minimum Gasteiger partial charge on any atom is -0.312 e. The number of hydrogen-bond donors (Lipinski definition) is 1. The zero-order valence-corrected chi connectivity index (χ0v) is 12.7. The Bertz CT molecular complexity index is 506. The largest absolute Gasteiger partial charge is 0.312 e. The van der Waals surface area contributed by atoms with Crippen LogP contribution in [-0.2, 0) is 16.6 Å². The Morgan fingerprint density at radius 3 is 2.78 bits per heavy atom. The van der Waals surface area contributed by atoms with E-state index in [2.05, 4.69) is 11.9 Å². The Kier molecular flexibility index (Phi) is 5.52. The maximum absolute atomic E-state index is 12.4. The Morgan fingerprint density at radius 1 is 1.56 bits per heavy atom. The molecule has 0 aliphatic carbocycles. The number of thiophene rings is 1. The molecule has 0 fully saturated rings. The van der Waals surface area contributed by atoms with E-state index in [0.717, 1.165) is 17.0 Å². The van der Waals surface area contributed by atoms with Gasteiger partial charge in [0.2, 0.25) is 10.0 Å². The summed E-state index contributed by atoms with van der Waals surface area (Å²) in [6.07, 6.45) is 0. The average molecular weight is 288 g/mol. The van der Waals surface area contributed by atoms with E-state index >= 15 is 0 Å². The molecule has 0 spiro atoms. The summed E-state index contributed by atoms with van der Waals surface area (Å²) in [5.74, 6) is 0. The van der Waals surface area contributed by atoms with E-state index in [0.29, 0.717) is 18.0 Å². The van der Waals surface area contributed by atoms with Gasteiger partial charge in [-0.1, -0.05) is 19.1 Å². The number of nitrogens with zero attached hydrogens (tertiary/aromatic N) is 1. The summed E-state index contributed by atoms with van der Waals surface area (Å²) in [6.45, 7) is 9.31. The van der Waals surface area contributed by atoms with E-state index in [9.17, 15) is 8.42 Å². The molecule has 0 aromatic carbocycles. The molecule has 0 aliphatic heterocycles. The van der Waals surface area contributed by atoms with Gasteiger partial charge in [-0.15, -0.1) is 11.3 Å². The number of nitrogens with one attached hydrogen (secondary N) is 1. The first kappa shape index (κ1) is 15.4. The second-order valence-electron chi connectivity index (χ2n) is 4.21. The summed E-state index contributed by atoms with van der Waals surface area (Å²) in [4.78, 5) is 1.25. The smallest absolute Gasteiger partial charge is 0.244 e. The molecule has 0 unspecified atom stereocenters. The zero-order chi connectivity index (χ0) is 13.8. The molecule has 6 heteroatoms. The van der Waals surface area contributed by atoms with Crippen molar-refractivity contribution in [3.05, 3.63) is 28.5 Å². The molecule has 102 valence electrons. The van der Waals surface area contributed by atoms with Crippen molar-refractivity contribution in [2.24, 2.45) is 0 Å². The molecule has 0 radical (unpaired) electrons. The normalized spacial score (nSPS) is 12.0. The Hall–Kier alpha value is -0.690. The molecule has 18 heavy (non-hydrogen) atoms. The van der Waals surface area contributed by atoms with Crippen LogP contribution < -0.4 is 5.32 Å². The van der Waals surface area contributed by atoms with Crippen molar-refractivity contribution in [3.63, 3.8) is 0 Å². The lowest BCUT2D eigenvalue weighted by Crippen LogP contribution is -2.29. The van der Waals surface area contributed by atoms with Gasteiger partial charge in [0, 0.05) is 25.0 Å². The van der Waals surface area contributed by atoms with Gasteiger partial charge in [-0.05, 0) is 24.9 Å². The highest BCUT2D eigenvalue weighted by molar-refractivity contribution is 7.89. The first-order valence-corrected chi connectivity index (χ1v) is 8.09. The van der Waals surface area contributed by atoms with E-state index in [1.54, 1.807) is 13.1 Å². The third kappa shape index (κ3) is 3.65. The average Bonchev–Trinajstić information content (AvgIpc) is 2.73. The van der Waals surface area contributed by atoms with E-state index in [1.165, 1.54) is 15.6 Å². The number of sulfonamides is 1. The Morgan fingerprint density at radius 2 is 2.22 bits per heavy atom. The van der Waals surface area contributed by atoms with Crippen LogP contribution in [0.1, 0.15) is 18.7 Å². The van der Waals surface area contributed by atoms with Gasteiger partial charge in [-0.25, -0.2) is 8.42 Å². The predicted octanol–water partition coefficient (Wildman–Crippen LogP) is 2.05. The summed E-state index contributed by atoms with van der Waals surface area (Å²) >= 11 is 1.46. The lowest BCUT2D eigenvalue weighted by molar-refractivity contribution is 0.492. The summed E-state index contributed by atoms with van der Waals surface area (Å²) in [6, 6.07) is 1.67. The van der Waals surface area contributed by atoms with Crippen molar-refractivity contribution in [3.8, 4) is 0 Å². The number of hydrogen-bond acceptors (Lipinski definition) is 4. The molecule has 1 rings (SSSR count). The van der Waals surface area contributed by atoms with Gasteiger partial charge < -0.3 is 5.32 Å². The van der Waals surface area contributed by atoms with Gasteiger partial charge in [0.25, 0.3) is 0 Å². The van der Waals surface area contributed by atoms with E-state index < -0.39 is 10.0 Å². The zero-order valence-electron chi connectivity index (χ0n) is 11.1. The van der Waals surface area contributed by atoms with Crippen molar-refractivity contribution < 1.29 is 8.42 Å². The molecule has 1 heterocycles. The minimum absolute atomic E-state index is 0.346. The van der Waals surface area contributed by atoms with Crippen LogP contribution in [0, 0.1) is 0 Å². The fraction of sp³-hybridized carbons (Fsp3) is 0.500. The SMILES string of the molecule is C=C(C)CN(C)S(=O)(=O)c1ccsc1CNCC. The number of likely N-dealkylation sites (N-methyl/N-ethyl adjacent to an activating group) is 1. The van der Waals surface area contributed by atoms with Gasteiger partial charge in [0.15, 0.2) is 0 Å². The van der Waals surface area contributed by atoms with Crippen LogP contribution in [0.3, 0.4) is 0 Å². The molecule has 0 saturated heterocycles. The summed E-state index contributed by atoms with van der Waals surface area (Å²) in [5.41, 5.74) is 0.824. The van der Waals surface area contributed by atoms with Crippen molar-refractivity contribution in [1.29, 1.82) is 0 Å². The van der Waals surface area contributed by atoms with Crippen LogP contribution in [0.5, 0.6) is 0 Å². The lowest BCUT2D eigenvalue weighted by atomic mass is 10.4. The van der Waals surface area contributed by atoms with Gasteiger partial charge in [-0.2, -0.15) is 4.31 Å². The van der Waals surface area contributed by atoms with E-state index in [-0.39, 0.29) is 0 Å². The highest BCUT2D eigenvalue weighted by Crippen LogP contribution is 2.24. The van der Waals surface area contributed by atoms with Crippen LogP contribution in [0.4, 0.5) is 0 Å². The molecule has 0 saturated carbocycles. The number of rotatable bonds is 7. The molecule has 0 bridgehead atoms. The molecule has 1 aromatic heterocycles. The summed E-state index contributed by atoms with van der Waals surface area (Å²) in [7, 11) is -1.83. The van der Waals surface area contributed by atoms with Crippen LogP contribution in [-0.4, -0.2) is 32.9 Å². The fourth-order valence-electron chi connectivity index (χ4n) is 1.56. The van der Waals surface area contributed by atoms with Crippen molar-refractivity contribution in [2.45, 2.75) is 25.3 Å². The highest BCUT2D eigenvalue weighted by Gasteiger charge is 2.24. The minimum atomic E-state index is -3.41.